The molecule has 134 valence electrons. The molecule has 0 spiro atoms. The Morgan fingerprint density at radius 3 is 2.46 bits per heavy atom. The summed E-state index contributed by atoms with van der Waals surface area (Å²) >= 11 is 0. The molecular formula is C18H16N2O5S. The highest BCUT2D eigenvalue weighted by atomic mass is 32.2. The monoisotopic (exact) mass is 372 g/mol. The molecule has 0 unspecified atom stereocenters. The predicted molar refractivity (Wildman–Crippen MR) is 99.0 cm³/mol. The van der Waals surface area contributed by atoms with E-state index in [1.165, 1.54) is 30.3 Å². The highest BCUT2D eigenvalue weighted by Gasteiger charge is 2.21. The summed E-state index contributed by atoms with van der Waals surface area (Å²) in [6.07, 6.45) is 0. The number of hydrogen-bond donors (Lipinski definition) is 4. The van der Waals surface area contributed by atoms with E-state index in [-0.39, 0.29) is 22.4 Å². The lowest BCUT2D eigenvalue weighted by atomic mass is 10.1. The first-order chi connectivity index (χ1) is 12.2. The number of benzene rings is 3. The molecule has 1 amide bonds. The fourth-order valence-corrected chi connectivity index (χ4v) is 3.33. The first-order valence-corrected chi connectivity index (χ1v) is 9.02. The van der Waals surface area contributed by atoms with Crippen LogP contribution in [0, 0.1) is 6.92 Å². The summed E-state index contributed by atoms with van der Waals surface area (Å²) in [4.78, 5) is 12.1. The van der Waals surface area contributed by atoms with Crippen molar-refractivity contribution in [1.29, 1.82) is 0 Å². The highest BCUT2D eigenvalue weighted by molar-refractivity contribution is 7.86. The molecule has 8 heteroatoms. The van der Waals surface area contributed by atoms with E-state index in [1.807, 2.05) is 0 Å². The number of nitrogens with two attached hydrogens (primary N) is 1. The summed E-state index contributed by atoms with van der Waals surface area (Å²) in [6, 6.07) is 11.6. The number of nitrogen functional groups attached to an aromatic ring is 1. The summed E-state index contributed by atoms with van der Waals surface area (Å²) in [5, 5.41) is 13.1. The molecule has 3 rings (SSSR count). The zero-order chi connectivity index (χ0) is 19.1. The van der Waals surface area contributed by atoms with Gasteiger partial charge in [0.15, 0.2) is 0 Å². The summed E-state index contributed by atoms with van der Waals surface area (Å²) in [5.41, 5.74) is 7.13. The first-order valence-electron chi connectivity index (χ1n) is 7.58. The van der Waals surface area contributed by atoms with Gasteiger partial charge in [-0.25, -0.2) is 0 Å². The topological polar surface area (TPSA) is 130 Å². The van der Waals surface area contributed by atoms with Gasteiger partial charge in [0, 0.05) is 22.0 Å². The fraction of sp³-hybridized carbons (Fsp3) is 0.0556. The van der Waals surface area contributed by atoms with Gasteiger partial charge >= 0.3 is 0 Å². The summed E-state index contributed by atoms with van der Waals surface area (Å²) in [7, 11) is -4.60. The first kappa shape index (κ1) is 17.7. The highest BCUT2D eigenvalue weighted by Crippen LogP contribution is 2.35. The smallest absolute Gasteiger partial charge is 0.296 e. The zero-order valence-electron chi connectivity index (χ0n) is 13.7. The Balaban J connectivity index is 2.17. The molecule has 26 heavy (non-hydrogen) atoms. The second kappa shape index (κ2) is 6.32. The SMILES string of the molecule is Cc1cc(C(=O)Nc2c(S(=O)(=O)O)ccc3c(O)cccc23)ccc1N. The molecule has 0 heterocycles. The van der Waals surface area contributed by atoms with Crippen LogP contribution in [-0.2, 0) is 10.1 Å². The number of rotatable bonds is 3. The van der Waals surface area contributed by atoms with Gasteiger partial charge in [-0.15, -0.1) is 0 Å². The standard InChI is InChI=1S/C18H16N2O5S/c1-10-9-11(5-7-14(10)19)18(22)20-17-13-3-2-4-15(21)12(13)6-8-16(17)26(23,24)25/h2-9,21H,19H2,1H3,(H,20,22)(H,23,24,25). The Morgan fingerprint density at radius 2 is 1.81 bits per heavy atom. The molecule has 0 atom stereocenters. The van der Waals surface area contributed by atoms with Crippen LogP contribution in [0.5, 0.6) is 5.75 Å². The van der Waals surface area contributed by atoms with Crippen molar-refractivity contribution >= 4 is 38.2 Å². The number of carbonyl (C=O) groups is 1. The minimum atomic E-state index is -4.60. The summed E-state index contributed by atoms with van der Waals surface area (Å²) < 4.78 is 33.0. The lowest BCUT2D eigenvalue weighted by Crippen LogP contribution is -2.15. The zero-order valence-corrected chi connectivity index (χ0v) is 14.5. The number of aryl methyl sites for hydroxylation is 1. The number of phenols is 1. The second-order valence-electron chi connectivity index (χ2n) is 5.81. The maximum Gasteiger partial charge on any atom is 0.296 e. The van der Waals surface area contributed by atoms with Crippen molar-refractivity contribution in [1.82, 2.24) is 0 Å². The van der Waals surface area contributed by atoms with Crippen molar-refractivity contribution in [2.24, 2.45) is 0 Å². The number of aromatic hydroxyl groups is 1. The van der Waals surface area contributed by atoms with Gasteiger partial charge in [0.1, 0.15) is 10.6 Å². The van der Waals surface area contributed by atoms with Crippen molar-refractivity contribution in [2.75, 3.05) is 11.1 Å². The van der Waals surface area contributed by atoms with E-state index in [1.54, 1.807) is 19.1 Å². The molecule has 0 saturated heterocycles. The van der Waals surface area contributed by atoms with Gasteiger partial charge in [-0.3, -0.25) is 9.35 Å². The van der Waals surface area contributed by atoms with Crippen LogP contribution in [0.3, 0.4) is 0 Å². The van der Waals surface area contributed by atoms with Gasteiger partial charge in [-0.05, 0) is 48.9 Å². The van der Waals surface area contributed by atoms with E-state index < -0.39 is 20.9 Å². The quantitative estimate of drug-likeness (QED) is 0.413. The van der Waals surface area contributed by atoms with Crippen LogP contribution in [0.1, 0.15) is 15.9 Å². The normalized spacial score (nSPS) is 11.5. The minimum Gasteiger partial charge on any atom is -0.507 e. The summed E-state index contributed by atoms with van der Waals surface area (Å²) in [5.74, 6) is -0.656. The van der Waals surface area contributed by atoms with E-state index in [9.17, 15) is 22.9 Å². The van der Waals surface area contributed by atoms with Crippen molar-refractivity contribution < 1.29 is 22.9 Å². The molecule has 0 saturated carbocycles. The lowest BCUT2D eigenvalue weighted by Gasteiger charge is -2.14. The van der Waals surface area contributed by atoms with Crippen LogP contribution < -0.4 is 11.1 Å². The van der Waals surface area contributed by atoms with Crippen LogP contribution in [-0.4, -0.2) is 24.0 Å². The largest absolute Gasteiger partial charge is 0.507 e. The van der Waals surface area contributed by atoms with Crippen molar-refractivity contribution in [3.8, 4) is 5.75 Å². The van der Waals surface area contributed by atoms with E-state index in [4.69, 9.17) is 5.73 Å². The minimum absolute atomic E-state index is 0.0804. The Hall–Kier alpha value is -3.10. The fourth-order valence-electron chi connectivity index (χ4n) is 2.67. The van der Waals surface area contributed by atoms with E-state index >= 15 is 0 Å². The molecule has 3 aromatic rings. The average Bonchev–Trinajstić information content (AvgIpc) is 2.57. The number of fused-ring (bicyclic) bond motifs is 1. The number of nitrogens with one attached hydrogen (secondary N) is 1. The molecule has 0 bridgehead atoms. The molecule has 0 aliphatic rings. The van der Waals surface area contributed by atoms with Crippen molar-refractivity contribution in [3.05, 3.63) is 59.7 Å². The number of hydrogen-bond acceptors (Lipinski definition) is 5. The van der Waals surface area contributed by atoms with E-state index in [0.717, 1.165) is 6.07 Å². The third-order valence-electron chi connectivity index (χ3n) is 4.05. The maximum absolute atomic E-state index is 12.6. The second-order valence-corrected chi connectivity index (χ2v) is 7.20. The number of carbonyl (C=O) groups excluding carboxylic acids is 1. The Kier molecular flexibility index (Phi) is 4.31. The molecule has 0 aliphatic carbocycles. The van der Waals surface area contributed by atoms with Gasteiger partial charge in [0.05, 0.1) is 5.69 Å². The van der Waals surface area contributed by atoms with Crippen molar-refractivity contribution in [3.63, 3.8) is 0 Å². The maximum atomic E-state index is 12.6. The lowest BCUT2D eigenvalue weighted by molar-refractivity contribution is 0.102. The number of amides is 1. The van der Waals surface area contributed by atoms with Gasteiger partial charge in [-0.1, -0.05) is 12.1 Å². The third-order valence-corrected chi connectivity index (χ3v) is 4.94. The molecule has 0 aliphatic heterocycles. The van der Waals surface area contributed by atoms with Gasteiger partial charge in [0.2, 0.25) is 0 Å². The molecule has 0 aromatic heterocycles. The van der Waals surface area contributed by atoms with Crippen LogP contribution in [0.25, 0.3) is 10.8 Å². The molecule has 7 nitrogen and oxygen atoms in total. The van der Waals surface area contributed by atoms with Crippen LogP contribution >= 0.6 is 0 Å². The molecular weight excluding hydrogens is 356 g/mol. The van der Waals surface area contributed by atoms with Gasteiger partial charge in [-0.2, -0.15) is 8.42 Å². The molecule has 0 radical (unpaired) electrons. The Bertz CT molecular complexity index is 1140. The van der Waals surface area contributed by atoms with Gasteiger partial charge < -0.3 is 16.2 Å². The Labute approximate surface area is 149 Å². The van der Waals surface area contributed by atoms with E-state index in [0.29, 0.717) is 16.6 Å². The van der Waals surface area contributed by atoms with Crippen LogP contribution in [0.4, 0.5) is 11.4 Å². The molecule has 0 fully saturated rings. The van der Waals surface area contributed by atoms with Crippen LogP contribution in [0.15, 0.2) is 53.4 Å². The Morgan fingerprint density at radius 1 is 1.08 bits per heavy atom. The predicted octanol–water partition coefficient (Wildman–Crippen LogP) is 2.94. The average molecular weight is 372 g/mol. The van der Waals surface area contributed by atoms with Gasteiger partial charge in [0.25, 0.3) is 16.0 Å². The van der Waals surface area contributed by atoms with Crippen molar-refractivity contribution in [2.45, 2.75) is 11.8 Å². The van der Waals surface area contributed by atoms with Crippen LogP contribution in [0.2, 0.25) is 0 Å². The molecule has 3 aromatic carbocycles. The molecule has 5 N–H and O–H groups in total. The third kappa shape index (κ3) is 3.19. The summed E-state index contributed by atoms with van der Waals surface area (Å²) in [6.45, 7) is 1.74. The van der Waals surface area contributed by atoms with E-state index in [2.05, 4.69) is 5.32 Å². The number of anilines is 2. The number of phenolic OH excluding ortho intramolecular Hbond substituents is 1.